The number of nitrogens with zero attached hydrogens (tertiary/aromatic N) is 3. The summed E-state index contributed by atoms with van der Waals surface area (Å²) in [5.74, 6) is -0.0874. The van der Waals surface area contributed by atoms with Gasteiger partial charge in [0.15, 0.2) is 11.5 Å². The number of hydrogen-bond acceptors (Lipinski definition) is 6. The smallest absolute Gasteiger partial charge is 0.261 e. The summed E-state index contributed by atoms with van der Waals surface area (Å²) in [5, 5.41) is 0. The van der Waals surface area contributed by atoms with Crippen LogP contribution in [0.5, 0.6) is 11.5 Å². The Morgan fingerprint density at radius 2 is 1.41 bits per heavy atom. The van der Waals surface area contributed by atoms with Crippen LogP contribution in [0.3, 0.4) is 0 Å². The highest BCUT2D eigenvalue weighted by Gasteiger charge is 2.36. The number of benzene rings is 3. The van der Waals surface area contributed by atoms with Gasteiger partial charge >= 0.3 is 0 Å². The quantitative estimate of drug-likeness (QED) is 0.464. The van der Waals surface area contributed by atoms with E-state index in [0.717, 1.165) is 19.6 Å². The van der Waals surface area contributed by atoms with Crippen LogP contribution in [0.2, 0.25) is 0 Å². The molecule has 0 radical (unpaired) electrons. The number of rotatable bonds is 7. The molecule has 2 heterocycles. The van der Waals surface area contributed by atoms with Crippen molar-refractivity contribution >= 4 is 17.7 Å². The zero-order chi connectivity index (χ0) is 25.9. The number of piperazine rings is 1. The highest BCUT2D eigenvalue weighted by atomic mass is 16.5. The Bertz CT molecular complexity index is 1300. The first kappa shape index (κ1) is 24.5. The summed E-state index contributed by atoms with van der Waals surface area (Å²) in [6.07, 6.45) is 0. The van der Waals surface area contributed by atoms with Gasteiger partial charge in [-0.2, -0.15) is 0 Å². The molecule has 8 nitrogen and oxygen atoms in total. The minimum Gasteiger partial charge on any atom is -0.493 e. The normalized spacial score (nSPS) is 15.6. The number of methoxy groups -OCH3 is 2. The molecule has 0 N–H and O–H groups in total. The molecule has 8 heteroatoms. The second-order valence-electron chi connectivity index (χ2n) is 9.17. The molecule has 3 aromatic rings. The largest absolute Gasteiger partial charge is 0.493 e. The monoisotopic (exact) mass is 499 g/mol. The van der Waals surface area contributed by atoms with Gasteiger partial charge in [-0.1, -0.05) is 42.5 Å². The fourth-order valence-electron chi connectivity index (χ4n) is 4.97. The van der Waals surface area contributed by atoms with Crippen molar-refractivity contribution in [2.24, 2.45) is 0 Å². The van der Waals surface area contributed by atoms with Gasteiger partial charge in [0.2, 0.25) is 0 Å². The average molecular weight is 500 g/mol. The van der Waals surface area contributed by atoms with E-state index in [9.17, 15) is 14.4 Å². The number of carbonyl (C=O) groups excluding carboxylic acids is 3. The topological polar surface area (TPSA) is 79.4 Å². The second kappa shape index (κ2) is 10.4. The van der Waals surface area contributed by atoms with Gasteiger partial charge in [-0.3, -0.25) is 24.2 Å². The van der Waals surface area contributed by atoms with Crippen LogP contribution in [0.25, 0.3) is 0 Å². The molecule has 0 aromatic heterocycles. The Hall–Kier alpha value is -4.17. The maximum absolute atomic E-state index is 13.5. The summed E-state index contributed by atoms with van der Waals surface area (Å²) in [6.45, 7) is 3.58. The molecule has 1 saturated heterocycles. The fraction of sp³-hybridized carbons (Fsp3) is 0.276. The molecule has 0 atom stereocenters. The predicted molar refractivity (Wildman–Crippen MR) is 138 cm³/mol. The summed E-state index contributed by atoms with van der Waals surface area (Å²) >= 11 is 0. The lowest BCUT2D eigenvalue weighted by Gasteiger charge is -2.35. The van der Waals surface area contributed by atoms with Crippen LogP contribution >= 0.6 is 0 Å². The lowest BCUT2D eigenvalue weighted by atomic mass is 10.1. The first-order chi connectivity index (χ1) is 18.0. The summed E-state index contributed by atoms with van der Waals surface area (Å²) in [4.78, 5) is 44.7. The predicted octanol–water partition coefficient (Wildman–Crippen LogP) is 3.46. The molecule has 0 unspecified atom stereocenters. The molecule has 0 spiro atoms. The van der Waals surface area contributed by atoms with Crippen molar-refractivity contribution in [3.8, 4) is 11.5 Å². The van der Waals surface area contributed by atoms with E-state index in [4.69, 9.17) is 9.47 Å². The molecule has 2 aliphatic rings. The number of amides is 3. The van der Waals surface area contributed by atoms with Crippen molar-refractivity contribution < 1.29 is 23.9 Å². The Morgan fingerprint density at radius 3 is 2.00 bits per heavy atom. The van der Waals surface area contributed by atoms with E-state index in [0.29, 0.717) is 46.8 Å². The van der Waals surface area contributed by atoms with Gasteiger partial charge in [-0.05, 0) is 29.8 Å². The van der Waals surface area contributed by atoms with Crippen molar-refractivity contribution in [3.63, 3.8) is 0 Å². The Labute approximate surface area is 216 Å². The number of ether oxygens (including phenoxy) is 2. The van der Waals surface area contributed by atoms with Crippen LogP contribution < -0.4 is 9.47 Å². The Morgan fingerprint density at radius 1 is 0.784 bits per heavy atom. The molecular formula is C29H29N3O5. The third-order valence-corrected chi connectivity index (χ3v) is 6.92. The highest BCUT2D eigenvalue weighted by molar-refractivity contribution is 6.21. The van der Waals surface area contributed by atoms with Crippen molar-refractivity contribution in [1.29, 1.82) is 0 Å². The first-order valence-electron chi connectivity index (χ1n) is 12.3. The molecule has 0 bridgehead atoms. The number of fused-ring (bicyclic) bond motifs is 1. The standard InChI is InChI=1S/C29H29N3O5/c1-36-25-17-21(27(33)31-14-12-30(13-15-31)18-20-8-4-3-5-9-20)16-22(26(25)37-2)19-32-28(34)23-10-6-7-11-24(23)29(32)35/h3-11,16-17H,12-15,18-19H2,1-2H3. The van der Waals surface area contributed by atoms with Crippen molar-refractivity contribution in [3.05, 3.63) is 94.5 Å². The van der Waals surface area contributed by atoms with Gasteiger partial charge in [0.1, 0.15) is 0 Å². The molecule has 3 aromatic carbocycles. The number of hydrogen-bond donors (Lipinski definition) is 0. The van der Waals surface area contributed by atoms with Crippen LogP contribution in [-0.4, -0.2) is 72.8 Å². The van der Waals surface area contributed by atoms with Crippen LogP contribution in [0.15, 0.2) is 66.7 Å². The lowest BCUT2D eigenvalue weighted by molar-refractivity contribution is 0.0626. The van der Waals surface area contributed by atoms with Gasteiger partial charge in [0, 0.05) is 43.9 Å². The zero-order valence-corrected chi connectivity index (χ0v) is 21.0. The number of carbonyl (C=O) groups is 3. The molecule has 0 saturated carbocycles. The fourth-order valence-corrected chi connectivity index (χ4v) is 4.97. The van der Waals surface area contributed by atoms with E-state index in [1.54, 1.807) is 36.4 Å². The van der Waals surface area contributed by atoms with Gasteiger partial charge < -0.3 is 14.4 Å². The van der Waals surface area contributed by atoms with Crippen LogP contribution in [0.4, 0.5) is 0 Å². The lowest BCUT2D eigenvalue weighted by Crippen LogP contribution is -2.48. The van der Waals surface area contributed by atoms with Crippen LogP contribution in [0, 0.1) is 0 Å². The minimum absolute atomic E-state index is 0.0299. The first-order valence-corrected chi connectivity index (χ1v) is 12.3. The van der Waals surface area contributed by atoms with Gasteiger partial charge in [-0.25, -0.2) is 0 Å². The van der Waals surface area contributed by atoms with E-state index in [1.165, 1.54) is 24.7 Å². The molecule has 190 valence electrons. The molecule has 5 rings (SSSR count). The van der Waals surface area contributed by atoms with Gasteiger partial charge in [-0.15, -0.1) is 0 Å². The zero-order valence-electron chi connectivity index (χ0n) is 21.0. The SMILES string of the molecule is COc1cc(C(=O)N2CCN(Cc3ccccc3)CC2)cc(CN2C(=O)c3ccccc3C2=O)c1OC. The Kier molecular flexibility index (Phi) is 6.92. The van der Waals surface area contributed by atoms with E-state index < -0.39 is 0 Å². The third-order valence-electron chi connectivity index (χ3n) is 6.92. The van der Waals surface area contributed by atoms with Crippen molar-refractivity contribution in [2.75, 3.05) is 40.4 Å². The van der Waals surface area contributed by atoms with E-state index in [2.05, 4.69) is 17.0 Å². The summed E-state index contributed by atoms with van der Waals surface area (Å²) in [6, 6.07) is 20.4. The summed E-state index contributed by atoms with van der Waals surface area (Å²) < 4.78 is 11.1. The summed E-state index contributed by atoms with van der Waals surface area (Å²) in [5.41, 5.74) is 2.96. The Balaban J connectivity index is 1.34. The highest BCUT2D eigenvalue weighted by Crippen LogP contribution is 2.35. The molecular weight excluding hydrogens is 470 g/mol. The van der Waals surface area contributed by atoms with Crippen LogP contribution in [0.1, 0.15) is 42.2 Å². The maximum Gasteiger partial charge on any atom is 0.261 e. The molecule has 2 aliphatic heterocycles. The van der Waals surface area contributed by atoms with Gasteiger partial charge in [0.25, 0.3) is 17.7 Å². The molecule has 3 amide bonds. The van der Waals surface area contributed by atoms with E-state index in [-0.39, 0.29) is 24.3 Å². The summed E-state index contributed by atoms with van der Waals surface area (Å²) in [7, 11) is 3.00. The maximum atomic E-state index is 13.5. The van der Waals surface area contributed by atoms with Crippen LogP contribution in [-0.2, 0) is 13.1 Å². The molecule has 37 heavy (non-hydrogen) atoms. The van der Waals surface area contributed by atoms with E-state index >= 15 is 0 Å². The second-order valence-corrected chi connectivity index (χ2v) is 9.17. The van der Waals surface area contributed by atoms with E-state index in [1.807, 2.05) is 23.1 Å². The number of imide groups is 1. The molecule has 1 fully saturated rings. The third kappa shape index (κ3) is 4.80. The van der Waals surface area contributed by atoms with Gasteiger partial charge in [0.05, 0.1) is 31.9 Å². The average Bonchev–Trinajstić information content (AvgIpc) is 3.18. The van der Waals surface area contributed by atoms with Crippen molar-refractivity contribution in [1.82, 2.24) is 14.7 Å². The minimum atomic E-state index is -0.368. The van der Waals surface area contributed by atoms with Crippen molar-refractivity contribution in [2.45, 2.75) is 13.1 Å². The molecule has 0 aliphatic carbocycles.